The van der Waals surface area contributed by atoms with Crippen molar-refractivity contribution in [1.29, 1.82) is 0 Å². The van der Waals surface area contributed by atoms with Crippen LogP contribution in [-0.4, -0.2) is 53.0 Å². The van der Waals surface area contributed by atoms with E-state index in [0.717, 1.165) is 5.56 Å². The van der Waals surface area contributed by atoms with Gasteiger partial charge < -0.3 is 20.1 Å². The number of halogens is 1. The summed E-state index contributed by atoms with van der Waals surface area (Å²) in [5.41, 5.74) is -0.372. The van der Waals surface area contributed by atoms with Crippen molar-refractivity contribution in [3.05, 3.63) is 63.7 Å². The molecule has 0 aromatic heterocycles. The largest absolute Gasteiger partial charge is 0.497 e. The van der Waals surface area contributed by atoms with Gasteiger partial charge in [0.1, 0.15) is 5.75 Å². The van der Waals surface area contributed by atoms with Crippen molar-refractivity contribution in [2.45, 2.75) is 12.1 Å². The number of hydrogen-bond donors (Lipinski definition) is 3. The number of carboxylic acid groups (broad SMARTS) is 1. The van der Waals surface area contributed by atoms with Gasteiger partial charge in [0.05, 0.1) is 24.2 Å². The van der Waals surface area contributed by atoms with Crippen LogP contribution < -0.4 is 15.4 Å². The van der Waals surface area contributed by atoms with Crippen LogP contribution in [0.2, 0.25) is 5.02 Å². The first-order valence-corrected chi connectivity index (χ1v) is 9.76. The molecule has 162 valence electrons. The normalized spacial score (nSPS) is 19.1. The number of rotatable bonds is 4. The van der Waals surface area contributed by atoms with Crippen molar-refractivity contribution in [2.24, 2.45) is 0 Å². The molecule has 2 aromatic carbocycles. The van der Waals surface area contributed by atoms with E-state index in [1.54, 1.807) is 18.2 Å². The summed E-state index contributed by atoms with van der Waals surface area (Å²) in [6, 6.07) is 8.51. The molecule has 0 aliphatic carbocycles. The van der Waals surface area contributed by atoms with E-state index in [2.05, 4.69) is 22.5 Å². The molecule has 2 heterocycles. The standard InChI is InChI=1S/C22H16ClN3O6/c1-32-14-4-3-13-10-26(18(27)15(13)9-14)11-22(20(30)24-21(31)25-22)7-6-12-2-5-17(23)16(8-12)19(28)29/h2-5,8-9H,10-11H2,1H3,(H,28,29)(H2,24,25,30,31)/t22-/m1/s1. The summed E-state index contributed by atoms with van der Waals surface area (Å²) in [5, 5.41) is 13.9. The van der Waals surface area contributed by atoms with E-state index >= 15 is 0 Å². The Morgan fingerprint density at radius 2 is 2.03 bits per heavy atom. The number of hydrogen-bond acceptors (Lipinski definition) is 5. The Morgan fingerprint density at radius 3 is 2.69 bits per heavy atom. The third kappa shape index (κ3) is 3.72. The number of fused-ring (bicyclic) bond motifs is 1. The lowest BCUT2D eigenvalue weighted by Gasteiger charge is -2.26. The summed E-state index contributed by atoms with van der Waals surface area (Å²) in [6.07, 6.45) is 0. The van der Waals surface area contributed by atoms with E-state index in [9.17, 15) is 24.3 Å². The van der Waals surface area contributed by atoms with Crippen molar-refractivity contribution in [3.63, 3.8) is 0 Å². The van der Waals surface area contributed by atoms with E-state index in [4.69, 9.17) is 16.3 Å². The predicted octanol–water partition coefficient (Wildman–Crippen LogP) is 1.63. The molecule has 0 radical (unpaired) electrons. The second-order valence-electron chi connectivity index (χ2n) is 7.25. The number of imide groups is 1. The topological polar surface area (TPSA) is 125 Å². The average Bonchev–Trinajstić information content (AvgIpc) is 3.22. The summed E-state index contributed by atoms with van der Waals surface area (Å²) in [4.78, 5) is 50.2. The molecule has 4 rings (SSSR count). The first kappa shape index (κ1) is 21.2. The molecular formula is C22H16ClN3O6. The molecule has 10 heteroatoms. The minimum Gasteiger partial charge on any atom is -0.497 e. The highest BCUT2D eigenvalue weighted by Gasteiger charge is 2.48. The maximum absolute atomic E-state index is 12.9. The number of aromatic carboxylic acids is 1. The van der Waals surface area contributed by atoms with Crippen LogP contribution in [0.5, 0.6) is 5.75 Å². The molecular weight excluding hydrogens is 438 g/mol. The quantitative estimate of drug-likeness (QED) is 0.477. The monoisotopic (exact) mass is 453 g/mol. The van der Waals surface area contributed by atoms with Crippen LogP contribution in [0.25, 0.3) is 0 Å². The second kappa shape index (κ2) is 7.90. The number of nitrogens with one attached hydrogen (secondary N) is 2. The number of carboxylic acids is 1. The van der Waals surface area contributed by atoms with Crippen LogP contribution in [0.15, 0.2) is 36.4 Å². The summed E-state index contributed by atoms with van der Waals surface area (Å²) < 4.78 is 5.16. The van der Waals surface area contributed by atoms with Crippen molar-refractivity contribution < 1.29 is 29.0 Å². The molecule has 1 atom stereocenters. The molecule has 3 N–H and O–H groups in total. The number of carbonyl (C=O) groups is 4. The van der Waals surface area contributed by atoms with E-state index in [1.165, 1.54) is 30.2 Å². The summed E-state index contributed by atoms with van der Waals surface area (Å²) in [7, 11) is 1.49. The number of carbonyl (C=O) groups excluding carboxylic acids is 3. The minimum absolute atomic E-state index is 0.0422. The fourth-order valence-electron chi connectivity index (χ4n) is 3.56. The first-order chi connectivity index (χ1) is 15.2. The second-order valence-corrected chi connectivity index (χ2v) is 7.65. The Kier molecular flexibility index (Phi) is 5.24. The lowest BCUT2D eigenvalue weighted by Crippen LogP contribution is -2.54. The highest BCUT2D eigenvalue weighted by Crippen LogP contribution is 2.28. The van der Waals surface area contributed by atoms with E-state index < -0.39 is 23.4 Å². The lowest BCUT2D eigenvalue weighted by molar-refractivity contribution is -0.122. The third-order valence-electron chi connectivity index (χ3n) is 5.18. The zero-order valence-electron chi connectivity index (χ0n) is 16.7. The first-order valence-electron chi connectivity index (χ1n) is 9.38. The number of nitrogens with zero attached hydrogens (tertiary/aromatic N) is 1. The molecule has 4 amide bonds. The molecule has 0 saturated carbocycles. The molecule has 2 aromatic rings. The SMILES string of the molecule is COc1ccc2c(c1)C(=O)N(C[C@@]1(C#Cc3ccc(Cl)c(C(=O)O)c3)NC(=O)NC1=O)C2. The number of ether oxygens (including phenoxy) is 1. The fraction of sp³-hybridized carbons (Fsp3) is 0.182. The van der Waals surface area contributed by atoms with Gasteiger partial charge in [-0.1, -0.05) is 29.5 Å². The Morgan fingerprint density at radius 1 is 1.25 bits per heavy atom. The Bertz CT molecular complexity index is 1250. The van der Waals surface area contributed by atoms with Crippen molar-refractivity contribution in [2.75, 3.05) is 13.7 Å². The van der Waals surface area contributed by atoms with Gasteiger partial charge in [-0.05, 0) is 35.9 Å². The lowest BCUT2D eigenvalue weighted by atomic mass is 9.98. The number of benzene rings is 2. The van der Waals surface area contributed by atoms with Gasteiger partial charge in [-0.3, -0.25) is 14.9 Å². The Hall–Kier alpha value is -4.03. The van der Waals surface area contributed by atoms with Crippen molar-refractivity contribution in [3.8, 4) is 17.6 Å². The smallest absolute Gasteiger partial charge is 0.337 e. The Balaban J connectivity index is 1.67. The van der Waals surface area contributed by atoms with Crippen LogP contribution >= 0.6 is 11.6 Å². The molecule has 32 heavy (non-hydrogen) atoms. The van der Waals surface area contributed by atoms with Gasteiger partial charge in [0, 0.05) is 17.7 Å². The van der Waals surface area contributed by atoms with Gasteiger partial charge in [-0.25, -0.2) is 9.59 Å². The van der Waals surface area contributed by atoms with Gasteiger partial charge in [-0.2, -0.15) is 0 Å². The molecule has 2 aliphatic heterocycles. The summed E-state index contributed by atoms with van der Waals surface area (Å²) in [5.74, 6) is 3.72. The van der Waals surface area contributed by atoms with Crippen LogP contribution in [0.4, 0.5) is 4.79 Å². The van der Waals surface area contributed by atoms with Gasteiger partial charge in [0.15, 0.2) is 0 Å². The maximum atomic E-state index is 12.9. The molecule has 0 spiro atoms. The van der Waals surface area contributed by atoms with Gasteiger partial charge in [0.25, 0.3) is 11.8 Å². The molecule has 0 bridgehead atoms. The van der Waals surface area contributed by atoms with E-state index in [1.807, 2.05) is 0 Å². The van der Waals surface area contributed by atoms with Crippen molar-refractivity contribution in [1.82, 2.24) is 15.5 Å². The van der Waals surface area contributed by atoms with Crippen LogP contribution in [0, 0.1) is 11.8 Å². The van der Waals surface area contributed by atoms with Crippen LogP contribution in [-0.2, 0) is 11.3 Å². The molecule has 0 unspecified atom stereocenters. The highest BCUT2D eigenvalue weighted by molar-refractivity contribution is 6.33. The molecule has 1 saturated heterocycles. The number of urea groups is 1. The Labute approximate surface area is 187 Å². The summed E-state index contributed by atoms with van der Waals surface area (Å²) in [6.45, 7) is 0.0294. The highest BCUT2D eigenvalue weighted by atomic mass is 35.5. The van der Waals surface area contributed by atoms with Crippen molar-refractivity contribution >= 4 is 35.4 Å². The number of amides is 4. The fourth-order valence-corrected chi connectivity index (χ4v) is 3.76. The number of methoxy groups -OCH3 is 1. The molecule has 2 aliphatic rings. The third-order valence-corrected chi connectivity index (χ3v) is 5.51. The summed E-state index contributed by atoms with van der Waals surface area (Å²) >= 11 is 5.88. The van der Waals surface area contributed by atoms with E-state index in [0.29, 0.717) is 11.3 Å². The van der Waals surface area contributed by atoms with Crippen LogP contribution in [0.3, 0.4) is 0 Å². The van der Waals surface area contributed by atoms with Gasteiger partial charge >= 0.3 is 12.0 Å². The maximum Gasteiger partial charge on any atom is 0.337 e. The zero-order chi connectivity index (χ0) is 23.0. The van der Waals surface area contributed by atoms with Crippen LogP contribution in [0.1, 0.15) is 31.8 Å². The zero-order valence-corrected chi connectivity index (χ0v) is 17.4. The minimum atomic E-state index is -1.71. The predicted molar refractivity (Wildman–Crippen MR) is 112 cm³/mol. The van der Waals surface area contributed by atoms with E-state index in [-0.39, 0.29) is 35.1 Å². The average molecular weight is 454 g/mol. The van der Waals surface area contributed by atoms with Gasteiger partial charge in [-0.15, -0.1) is 0 Å². The van der Waals surface area contributed by atoms with Gasteiger partial charge in [0.2, 0.25) is 5.54 Å². The molecule has 9 nitrogen and oxygen atoms in total. The molecule has 1 fully saturated rings.